The number of hydrogen-bond acceptors (Lipinski definition) is 5. The van der Waals surface area contributed by atoms with E-state index in [0.717, 1.165) is 31.1 Å². The molecular formula is C16H20N2O3S. The Morgan fingerprint density at radius 2 is 2.09 bits per heavy atom. The molecule has 2 aromatic rings. The molecule has 1 amide bonds. The van der Waals surface area contributed by atoms with Crippen molar-refractivity contribution in [1.82, 2.24) is 9.80 Å². The number of aliphatic hydroxyl groups excluding tert-OH is 1. The quantitative estimate of drug-likeness (QED) is 0.912. The molecule has 1 unspecified atom stereocenters. The maximum absolute atomic E-state index is 12.2. The summed E-state index contributed by atoms with van der Waals surface area (Å²) < 4.78 is 5.21. The molecule has 6 heteroatoms. The summed E-state index contributed by atoms with van der Waals surface area (Å²) >= 11 is 1.62. The Morgan fingerprint density at radius 3 is 2.73 bits per heavy atom. The SMILES string of the molecule is O=C(Cc1cccs1)N1CCN(CC(O)c2ccco2)CC1. The van der Waals surface area contributed by atoms with Crippen molar-refractivity contribution in [3.63, 3.8) is 0 Å². The highest BCUT2D eigenvalue weighted by atomic mass is 32.1. The average molecular weight is 320 g/mol. The van der Waals surface area contributed by atoms with Gasteiger partial charge in [-0.1, -0.05) is 6.07 Å². The van der Waals surface area contributed by atoms with Gasteiger partial charge in [-0.3, -0.25) is 9.69 Å². The molecule has 1 N–H and O–H groups in total. The highest BCUT2D eigenvalue weighted by Crippen LogP contribution is 2.16. The van der Waals surface area contributed by atoms with E-state index in [-0.39, 0.29) is 5.91 Å². The predicted octanol–water partition coefficient (Wildman–Crippen LogP) is 1.76. The largest absolute Gasteiger partial charge is 0.467 e. The summed E-state index contributed by atoms with van der Waals surface area (Å²) in [4.78, 5) is 17.4. The first-order valence-corrected chi connectivity index (χ1v) is 8.34. The van der Waals surface area contributed by atoms with Crippen molar-refractivity contribution in [2.75, 3.05) is 32.7 Å². The zero-order valence-electron chi connectivity index (χ0n) is 12.4. The third kappa shape index (κ3) is 3.76. The number of carbonyl (C=O) groups excluding carboxylic acids is 1. The number of β-amino-alcohol motifs (C(OH)–C–C–N with tert-alkyl or cyclic N) is 1. The van der Waals surface area contributed by atoms with Crippen LogP contribution in [0.25, 0.3) is 0 Å². The zero-order valence-corrected chi connectivity index (χ0v) is 13.2. The highest BCUT2D eigenvalue weighted by molar-refractivity contribution is 7.10. The van der Waals surface area contributed by atoms with Gasteiger partial charge in [-0.25, -0.2) is 0 Å². The molecule has 1 saturated heterocycles. The first-order chi connectivity index (χ1) is 10.7. The minimum Gasteiger partial charge on any atom is -0.467 e. The lowest BCUT2D eigenvalue weighted by molar-refractivity contribution is -0.132. The molecule has 3 rings (SSSR count). The number of nitrogens with zero attached hydrogens (tertiary/aromatic N) is 2. The van der Waals surface area contributed by atoms with Gasteiger partial charge in [-0.15, -0.1) is 11.3 Å². The van der Waals surface area contributed by atoms with Crippen molar-refractivity contribution < 1.29 is 14.3 Å². The number of furan rings is 1. The van der Waals surface area contributed by atoms with Crippen molar-refractivity contribution in [1.29, 1.82) is 0 Å². The monoisotopic (exact) mass is 320 g/mol. The first-order valence-electron chi connectivity index (χ1n) is 7.46. The van der Waals surface area contributed by atoms with E-state index in [1.807, 2.05) is 22.4 Å². The minimum absolute atomic E-state index is 0.189. The molecule has 5 nitrogen and oxygen atoms in total. The van der Waals surface area contributed by atoms with Crippen LogP contribution in [-0.4, -0.2) is 53.5 Å². The summed E-state index contributed by atoms with van der Waals surface area (Å²) in [6.45, 7) is 3.55. The van der Waals surface area contributed by atoms with Crippen molar-refractivity contribution >= 4 is 17.2 Å². The number of amides is 1. The van der Waals surface area contributed by atoms with Gasteiger partial charge in [0.15, 0.2) is 0 Å². The average Bonchev–Trinajstić information content (AvgIpc) is 3.21. The molecule has 0 saturated carbocycles. The smallest absolute Gasteiger partial charge is 0.227 e. The molecule has 0 aliphatic carbocycles. The molecule has 3 heterocycles. The normalized spacial score (nSPS) is 17.6. The number of thiophene rings is 1. The number of rotatable bonds is 5. The van der Waals surface area contributed by atoms with Gasteiger partial charge in [0.2, 0.25) is 5.91 Å². The summed E-state index contributed by atoms with van der Waals surface area (Å²) in [6, 6.07) is 7.53. The molecule has 0 radical (unpaired) electrons. The van der Waals surface area contributed by atoms with Gasteiger partial charge in [0.1, 0.15) is 11.9 Å². The molecular weight excluding hydrogens is 300 g/mol. The van der Waals surface area contributed by atoms with Crippen LogP contribution >= 0.6 is 11.3 Å². The van der Waals surface area contributed by atoms with Gasteiger partial charge in [0.25, 0.3) is 0 Å². The summed E-state index contributed by atoms with van der Waals surface area (Å²) in [5.74, 6) is 0.782. The van der Waals surface area contributed by atoms with Crippen LogP contribution in [0.15, 0.2) is 40.3 Å². The highest BCUT2D eigenvalue weighted by Gasteiger charge is 2.23. The third-order valence-electron chi connectivity index (χ3n) is 3.93. The van der Waals surface area contributed by atoms with Gasteiger partial charge in [-0.05, 0) is 23.6 Å². The lowest BCUT2D eigenvalue weighted by atomic mass is 10.2. The second kappa shape index (κ2) is 7.09. The standard InChI is InChI=1S/C16H20N2O3S/c19-14(15-4-1-9-21-15)12-17-5-7-18(8-6-17)16(20)11-13-3-2-10-22-13/h1-4,9-10,14,19H,5-8,11-12H2. The molecule has 2 aromatic heterocycles. The van der Waals surface area contributed by atoms with Crippen molar-refractivity contribution in [3.8, 4) is 0 Å². The maximum atomic E-state index is 12.2. The van der Waals surface area contributed by atoms with E-state index in [9.17, 15) is 9.90 Å². The fraction of sp³-hybridized carbons (Fsp3) is 0.438. The molecule has 1 aliphatic heterocycles. The maximum Gasteiger partial charge on any atom is 0.227 e. The second-order valence-corrected chi connectivity index (χ2v) is 6.50. The zero-order chi connectivity index (χ0) is 15.4. The summed E-state index contributed by atoms with van der Waals surface area (Å²) in [7, 11) is 0. The molecule has 1 fully saturated rings. The van der Waals surface area contributed by atoms with Crippen molar-refractivity contribution in [2.24, 2.45) is 0 Å². The molecule has 0 spiro atoms. The van der Waals surface area contributed by atoms with Crippen LogP contribution in [0.2, 0.25) is 0 Å². The number of piperazine rings is 1. The second-order valence-electron chi connectivity index (χ2n) is 5.47. The van der Waals surface area contributed by atoms with E-state index in [1.165, 1.54) is 0 Å². The lowest BCUT2D eigenvalue weighted by Gasteiger charge is -2.35. The van der Waals surface area contributed by atoms with Gasteiger partial charge >= 0.3 is 0 Å². The summed E-state index contributed by atoms with van der Waals surface area (Å²) in [5.41, 5.74) is 0. The summed E-state index contributed by atoms with van der Waals surface area (Å²) in [6.07, 6.45) is 1.45. The molecule has 1 aliphatic rings. The van der Waals surface area contributed by atoms with Crippen LogP contribution in [0.5, 0.6) is 0 Å². The van der Waals surface area contributed by atoms with E-state index in [4.69, 9.17) is 4.42 Å². The Labute approximate surface area is 133 Å². The molecule has 118 valence electrons. The fourth-order valence-electron chi connectivity index (χ4n) is 2.67. The van der Waals surface area contributed by atoms with Gasteiger partial charge < -0.3 is 14.4 Å². The summed E-state index contributed by atoms with van der Waals surface area (Å²) in [5, 5.41) is 12.1. The number of aliphatic hydroxyl groups is 1. The Balaban J connectivity index is 1.45. The third-order valence-corrected chi connectivity index (χ3v) is 4.81. The van der Waals surface area contributed by atoms with E-state index in [2.05, 4.69) is 4.90 Å². The van der Waals surface area contributed by atoms with Crippen LogP contribution in [0.1, 0.15) is 16.7 Å². The molecule has 0 aromatic carbocycles. The number of hydrogen-bond donors (Lipinski definition) is 1. The number of carbonyl (C=O) groups is 1. The molecule has 22 heavy (non-hydrogen) atoms. The van der Waals surface area contributed by atoms with E-state index >= 15 is 0 Å². The molecule has 1 atom stereocenters. The van der Waals surface area contributed by atoms with Gasteiger partial charge in [-0.2, -0.15) is 0 Å². The van der Waals surface area contributed by atoms with Crippen LogP contribution in [0, 0.1) is 0 Å². The fourth-order valence-corrected chi connectivity index (χ4v) is 3.37. The Hall–Kier alpha value is -1.63. The lowest BCUT2D eigenvalue weighted by Crippen LogP contribution is -2.49. The van der Waals surface area contributed by atoms with Crippen LogP contribution in [0.3, 0.4) is 0 Å². The van der Waals surface area contributed by atoms with E-state index < -0.39 is 6.10 Å². The van der Waals surface area contributed by atoms with Crippen LogP contribution in [0.4, 0.5) is 0 Å². The van der Waals surface area contributed by atoms with Gasteiger partial charge in [0.05, 0.1) is 12.7 Å². The van der Waals surface area contributed by atoms with Crippen LogP contribution < -0.4 is 0 Å². The minimum atomic E-state index is -0.608. The first kappa shape index (κ1) is 15.3. The van der Waals surface area contributed by atoms with Crippen molar-refractivity contribution in [3.05, 3.63) is 46.5 Å². The van der Waals surface area contributed by atoms with Crippen molar-refractivity contribution in [2.45, 2.75) is 12.5 Å². The predicted molar refractivity (Wildman–Crippen MR) is 84.7 cm³/mol. The van der Waals surface area contributed by atoms with Gasteiger partial charge in [0, 0.05) is 37.6 Å². The topological polar surface area (TPSA) is 56.9 Å². The Kier molecular flexibility index (Phi) is 4.92. The Morgan fingerprint density at radius 1 is 1.27 bits per heavy atom. The molecule has 0 bridgehead atoms. The van der Waals surface area contributed by atoms with Crippen LogP contribution in [-0.2, 0) is 11.2 Å². The Bertz CT molecular complexity index is 575. The van der Waals surface area contributed by atoms with E-state index in [1.54, 1.807) is 29.7 Å². The van der Waals surface area contributed by atoms with E-state index in [0.29, 0.717) is 18.7 Å².